The van der Waals surface area contributed by atoms with E-state index in [-0.39, 0.29) is 17.4 Å². The van der Waals surface area contributed by atoms with E-state index in [4.69, 9.17) is 16.0 Å². The molecule has 5 nitrogen and oxygen atoms in total. The lowest BCUT2D eigenvalue weighted by Gasteiger charge is -2.36. The minimum Gasteiger partial charge on any atom is -0.455 e. The number of amides is 1. The third kappa shape index (κ3) is 4.86. The lowest BCUT2D eigenvalue weighted by atomic mass is 10.1. The third-order valence-electron chi connectivity index (χ3n) is 5.50. The van der Waals surface area contributed by atoms with Crippen molar-refractivity contribution < 1.29 is 13.4 Å². The lowest BCUT2D eigenvalue weighted by molar-refractivity contribution is 0.0713. The number of hydrogen-bond acceptors (Lipinski definition) is 4. The van der Waals surface area contributed by atoms with Crippen LogP contribution in [0.2, 0.25) is 5.02 Å². The van der Waals surface area contributed by atoms with Gasteiger partial charge in [0.25, 0.3) is 5.91 Å². The smallest absolute Gasteiger partial charge is 0.289 e. The second-order valence-electron chi connectivity index (χ2n) is 7.76. The van der Waals surface area contributed by atoms with Crippen LogP contribution in [-0.2, 0) is 16.6 Å². The number of anilines is 1. The van der Waals surface area contributed by atoms with Gasteiger partial charge in [0.05, 0.1) is 26.5 Å². The molecule has 162 valence electrons. The quantitative estimate of drug-likeness (QED) is 0.552. The second kappa shape index (κ2) is 9.28. The van der Waals surface area contributed by atoms with Crippen molar-refractivity contribution in [1.29, 1.82) is 0 Å². The van der Waals surface area contributed by atoms with Gasteiger partial charge in [-0.25, -0.2) is 0 Å². The van der Waals surface area contributed by atoms with E-state index in [9.17, 15) is 9.00 Å². The summed E-state index contributed by atoms with van der Waals surface area (Å²) >= 11 is 6.13. The Kier molecular flexibility index (Phi) is 6.49. The third-order valence-corrected chi connectivity index (χ3v) is 7.33. The van der Waals surface area contributed by atoms with Crippen LogP contribution < -0.4 is 4.90 Å². The molecule has 0 unspecified atom stereocenters. The molecular formula is C24H25ClN2O3S. The summed E-state index contributed by atoms with van der Waals surface area (Å²) in [5.41, 5.74) is 3.71. The summed E-state index contributed by atoms with van der Waals surface area (Å²) in [6.07, 6.45) is 0. The molecule has 1 fully saturated rings. The van der Waals surface area contributed by atoms with Gasteiger partial charge >= 0.3 is 0 Å². The molecule has 4 rings (SSSR count). The average Bonchev–Trinajstić information content (AvgIpc) is 3.23. The van der Waals surface area contributed by atoms with Gasteiger partial charge in [-0.05, 0) is 55.3 Å². The number of benzene rings is 2. The highest BCUT2D eigenvalue weighted by Crippen LogP contribution is 2.25. The van der Waals surface area contributed by atoms with Crippen LogP contribution in [0.5, 0.6) is 0 Å². The maximum absolute atomic E-state index is 12.9. The molecule has 1 atom stereocenters. The summed E-state index contributed by atoms with van der Waals surface area (Å²) in [6, 6.07) is 16.9. The van der Waals surface area contributed by atoms with Gasteiger partial charge < -0.3 is 14.2 Å². The molecule has 1 aromatic heterocycles. The number of furan rings is 1. The summed E-state index contributed by atoms with van der Waals surface area (Å²) in [5.74, 6) is 0.842. The molecule has 3 aromatic rings. The zero-order valence-corrected chi connectivity index (χ0v) is 19.2. The van der Waals surface area contributed by atoms with Crippen molar-refractivity contribution in [2.75, 3.05) is 31.1 Å². The van der Waals surface area contributed by atoms with Gasteiger partial charge in [0.2, 0.25) is 0 Å². The minimum absolute atomic E-state index is 0.129. The molecule has 7 heteroatoms. The van der Waals surface area contributed by atoms with Crippen LogP contribution in [0.15, 0.2) is 63.9 Å². The van der Waals surface area contributed by atoms with E-state index in [0.717, 1.165) is 13.1 Å². The summed E-state index contributed by atoms with van der Waals surface area (Å²) in [5, 5.41) is 0.463. The summed E-state index contributed by atoms with van der Waals surface area (Å²) in [6.45, 7) is 7.03. The van der Waals surface area contributed by atoms with Gasteiger partial charge in [-0.1, -0.05) is 35.9 Å². The van der Waals surface area contributed by atoms with Crippen molar-refractivity contribution in [3.8, 4) is 0 Å². The van der Waals surface area contributed by atoms with E-state index < -0.39 is 10.8 Å². The molecule has 1 saturated heterocycles. The molecule has 2 heterocycles. The second-order valence-corrected chi connectivity index (χ2v) is 9.58. The first-order chi connectivity index (χ1) is 14.9. The van der Waals surface area contributed by atoms with Crippen molar-refractivity contribution in [1.82, 2.24) is 4.90 Å². The molecule has 0 saturated carbocycles. The SMILES string of the molecule is Cc1ccc(C)c(N2CCN(C(=O)c3ccc(C[S@@](=O)c4ccccc4Cl)o3)CC2)c1. The Morgan fingerprint density at radius 1 is 1.03 bits per heavy atom. The van der Waals surface area contributed by atoms with Crippen LogP contribution in [0.4, 0.5) is 5.69 Å². The number of hydrogen-bond donors (Lipinski definition) is 0. The average molecular weight is 457 g/mol. The molecule has 0 spiro atoms. The summed E-state index contributed by atoms with van der Waals surface area (Å²) in [4.78, 5) is 17.6. The topological polar surface area (TPSA) is 53.8 Å². The van der Waals surface area contributed by atoms with Crippen molar-refractivity contribution in [3.05, 3.63) is 82.3 Å². The molecule has 2 aromatic carbocycles. The van der Waals surface area contributed by atoms with Gasteiger partial charge in [0, 0.05) is 31.9 Å². The van der Waals surface area contributed by atoms with Crippen LogP contribution in [0.3, 0.4) is 0 Å². The number of nitrogens with zero attached hydrogens (tertiary/aromatic N) is 2. The van der Waals surface area contributed by atoms with E-state index in [1.165, 1.54) is 16.8 Å². The minimum atomic E-state index is -1.34. The van der Waals surface area contributed by atoms with Crippen LogP contribution in [0.1, 0.15) is 27.4 Å². The largest absolute Gasteiger partial charge is 0.455 e. The predicted molar refractivity (Wildman–Crippen MR) is 124 cm³/mol. The number of carbonyl (C=O) groups is 1. The Morgan fingerprint density at radius 2 is 1.77 bits per heavy atom. The number of rotatable bonds is 5. The van der Waals surface area contributed by atoms with Crippen molar-refractivity contribution in [3.63, 3.8) is 0 Å². The van der Waals surface area contributed by atoms with Gasteiger partial charge in [-0.3, -0.25) is 9.00 Å². The maximum atomic E-state index is 12.9. The molecule has 0 radical (unpaired) electrons. The summed E-state index contributed by atoms with van der Waals surface area (Å²) in [7, 11) is -1.34. The van der Waals surface area contributed by atoms with Gasteiger partial charge in [-0.15, -0.1) is 0 Å². The highest BCUT2D eigenvalue weighted by Gasteiger charge is 2.25. The highest BCUT2D eigenvalue weighted by molar-refractivity contribution is 7.84. The Morgan fingerprint density at radius 3 is 2.52 bits per heavy atom. The Bertz CT molecular complexity index is 1120. The molecular weight excluding hydrogens is 432 g/mol. The first-order valence-corrected chi connectivity index (χ1v) is 11.9. The Labute approximate surface area is 190 Å². The lowest BCUT2D eigenvalue weighted by Crippen LogP contribution is -2.49. The van der Waals surface area contributed by atoms with E-state index in [0.29, 0.717) is 28.8 Å². The molecule has 0 bridgehead atoms. The van der Waals surface area contributed by atoms with Crippen molar-refractivity contribution in [2.45, 2.75) is 24.5 Å². The maximum Gasteiger partial charge on any atom is 0.289 e. The molecule has 1 aliphatic rings. The standard InChI is InChI=1S/C24H25ClN2O3S/c1-17-7-8-18(2)21(15-17)26-11-13-27(14-12-26)24(28)22-10-9-19(30-22)16-31(29)23-6-4-3-5-20(23)25/h3-10,15H,11-14,16H2,1-2H3/t31-/m1/s1. The highest BCUT2D eigenvalue weighted by atomic mass is 35.5. The van der Waals surface area contributed by atoms with E-state index in [2.05, 4.69) is 36.9 Å². The van der Waals surface area contributed by atoms with E-state index in [1.807, 2.05) is 4.90 Å². The predicted octanol–water partition coefficient (Wildman–Crippen LogP) is 4.82. The van der Waals surface area contributed by atoms with Crippen LogP contribution in [0.25, 0.3) is 0 Å². The fourth-order valence-electron chi connectivity index (χ4n) is 3.77. The first kappa shape index (κ1) is 21.7. The van der Waals surface area contributed by atoms with Crippen molar-refractivity contribution in [2.24, 2.45) is 0 Å². The van der Waals surface area contributed by atoms with Gasteiger partial charge in [0.15, 0.2) is 5.76 Å². The summed E-state index contributed by atoms with van der Waals surface area (Å²) < 4.78 is 18.3. The zero-order chi connectivity index (χ0) is 22.0. The normalized spacial score (nSPS) is 15.2. The Balaban J connectivity index is 1.38. The van der Waals surface area contributed by atoms with Gasteiger partial charge in [0.1, 0.15) is 5.76 Å². The first-order valence-electron chi connectivity index (χ1n) is 10.3. The monoisotopic (exact) mass is 456 g/mol. The van der Waals surface area contributed by atoms with Crippen molar-refractivity contribution >= 4 is 34.0 Å². The van der Waals surface area contributed by atoms with Gasteiger partial charge in [-0.2, -0.15) is 0 Å². The number of aryl methyl sites for hydroxylation is 2. The van der Waals surface area contributed by atoms with Crippen LogP contribution >= 0.6 is 11.6 Å². The van der Waals surface area contributed by atoms with Crippen LogP contribution in [-0.4, -0.2) is 41.2 Å². The fourth-order valence-corrected chi connectivity index (χ4v) is 5.25. The van der Waals surface area contributed by atoms with E-state index in [1.54, 1.807) is 36.4 Å². The molecule has 0 aliphatic carbocycles. The van der Waals surface area contributed by atoms with Crippen LogP contribution in [0, 0.1) is 13.8 Å². The fraction of sp³-hybridized carbons (Fsp3) is 0.292. The molecule has 0 N–H and O–H groups in total. The number of halogens is 1. The molecule has 1 aliphatic heterocycles. The molecule has 1 amide bonds. The number of carbonyl (C=O) groups excluding carboxylic acids is 1. The van der Waals surface area contributed by atoms with E-state index >= 15 is 0 Å². The number of piperazine rings is 1. The molecule has 31 heavy (non-hydrogen) atoms. The Hall–Kier alpha value is -2.57. The zero-order valence-electron chi connectivity index (χ0n) is 17.6.